The van der Waals surface area contributed by atoms with Gasteiger partial charge >= 0.3 is 0 Å². The molecule has 34 heavy (non-hydrogen) atoms. The third-order valence-corrected chi connectivity index (χ3v) is 7.99. The van der Waals surface area contributed by atoms with Gasteiger partial charge in [-0.05, 0) is 93.0 Å². The highest BCUT2D eigenvalue weighted by molar-refractivity contribution is 5.97. The lowest BCUT2D eigenvalue weighted by Gasteiger charge is -2.45. The minimum absolute atomic E-state index is 0.0281. The first-order valence-corrected chi connectivity index (χ1v) is 12.9. The fourth-order valence-corrected chi connectivity index (χ4v) is 5.52. The van der Waals surface area contributed by atoms with E-state index in [1.165, 1.54) is 19.3 Å². The predicted octanol–water partition coefficient (Wildman–Crippen LogP) is 4.39. The number of nitrogens with one attached hydrogen (secondary N) is 1. The van der Waals surface area contributed by atoms with E-state index in [1.807, 2.05) is 30.3 Å². The molecule has 0 radical (unpaired) electrons. The first-order valence-electron chi connectivity index (χ1n) is 12.9. The molecule has 2 aromatic rings. The minimum atomic E-state index is -0.0281. The summed E-state index contributed by atoms with van der Waals surface area (Å²) in [5.74, 6) is 1.55. The zero-order chi connectivity index (χ0) is 23.1. The summed E-state index contributed by atoms with van der Waals surface area (Å²) in [4.78, 5) is 30.2. The molecule has 2 amide bonds. The third-order valence-electron chi connectivity index (χ3n) is 7.99. The Morgan fingerprint density at radius 3 is 2.26 bits per heavy atom. The molecule has 6 nitrogen and oxygen atoms in total. The summed E-state index contributed by atoms with van der Waals surface area (Å²) in [5.41, 5.74) is 2.52. The third kappa shape index (κ3) is 4.43. The first kappa shape index (κ1) is 21.7. The van der Waals surface area contributed by atoms with Gasteiger partial charge in [0.2, 0.25) is 0 Å². The summed E-state index contributed by atoms with van der Waals surface area (Å²) in [7, 11) is 0. The van der Waals surface area contributed by atoms with E-state index in [2.05, 4.69) is 15.1 Å². The Labute approximate surface area is 201 Å². The summed E-state index contributed by atoms with van der Waals surface area (Å²) in [6, 6.07) is 14.5. The normalized spacial score (nSPS) is 21.6. The standard InChI is InChI=1S/C28H33N3O3/c32-27(29-21-6-7-21)19-4-8-24(9-5-19)34-25-10-11-26-20(18-25)12-17-31(28(26)33)23-13-15-30(16-14-23)22-2-1-3-22/h4-5,8-11,18,21-23H,1-3,6-7,12-17H2,(H,29,32). The first-order chi connectivity index (χ1) is 16.6. The van der Waals surface area contributed by atoms with Crippen molar-refractivity contribution in [2.75, 3.05) is 19.6 Å². The fourth-order valence-electron chi connectivity index (χ4n) is 5.52. The van der Waals surface area contributed by atoms with Crippen molar-refractivity contribution in [3.05, 3.63) is 59.2 Å². The van der Waals surface area contributed by atoms with E-state index in [0.29, 0.717) is 23.4 Å². The van der Waals surface area contributed by atoms with Gasteiger partial charge in [0.25, 0.3) is 11.8 Å². The number of rotatable bonds is 6. The highest BCUT2D eigenvalue weighted by Crippen LogP contribution is 2.32. The van der Waals surface area contributed by atoms with Crippen LogP contribution >= 0.6 is 0 Å². The Hall–Kier alpha value is -2.86. The van der Waals surface area contributed by atoms with Gasteiger partial charge in [0.15, 0.2) is 0 Å². The van der Waals surface area contributed by atoms with E-state index < -0.39 is 0 Å². The molecule has 1 saturated heterocycles. The van der Waals surface area contributed by atoms with Crippen LogP contribution in [0.25, 0.3) is 0 Å². The lowest BCUT2D eigenvalue weighted by molar-refractivity contribution is 0.0414. The Kier molecular flexibility index (Phi) is 5.77. The molecule has 0 aromatic heterocycles. The van der Waals surface area contributed by atoms with Gasteiger partial charge < -0.3 is 19.9 Å². The molecule has 0 unspecified atom stereocenters. The van der Waals surface area contributed by atoms with Crippen LogP contribution < -0.4 is 10.1 Å². The van der Waals surface area contributed by atoms with Crippen LogP contribution in [0, 0.1) is 0 Å². The topological polar surface area (TPSA) is 61.9 Å². The van der Waals surface area contributed by atoms with Crippen LogP contribution in [-0.4, -0.2) is 59.4 Å². The molecule has 2 heterocycles. The Morgan fingerprint density at radius 2 is 1.59 bits per heavy atom. The van der Waals surface area contributed by atoms with Crippen molar-refractivity contribution in [1.82, 2.24) is 15.1 Å². The quantitative estimate of drug-likeness (QED) is 0.696. The number of nitrogens with zero attached hydrogens (tertiary/aromatic N) is 2. The van der Waals surface area contributed by atoms with Gasteiger partial charge in [-0.1, -0.05) is 6.42 Å². The fraction of sp³-hybridized carbons (Fsp3) is 0.500. The predicted molar refractivity (Wildman–Crippen MR) is 130 cm³/mol. The van der Waals surface area contributed by atoms with Crippen LogP contribution in [0.2, 0.25) is 0 Å². The Balaban J connectivity index is 1.08. The maximum absolute atomic E-state index is 13.3. The molecule has 3 fully saturated rings. The Bertz CT molecular complexity index is 1070. The van der Waals surface area contributed by atoms with Crippen LogP contribution in [-0.2, 0) is 6.42 Å². The second kappa shape index (κ2) is 9.06. The number of ether oxygens (including phenoxy) is 1. The summed E-state index contributed by atoms with van der Waals surface area (Å²) in [5, 5.41) is 3.00. The van der Waals surface area contributed by atoms with E-state index in [4.69, 9.17) is 4.74 Å². The van der Waals surface area contributed by atoms with Crippen LogP contribution in [0.3, 0.4) is 0 Å². The molecule has 2 saturated carbocycles. The Morgan fingerprint density at radius 1 is 0.853 bits per heavy atom. The number of fused-ring (bicyclic) bond motifs is 1. The molecular weight excluding hydrogens is 426 g/mol. The van der Waals surface area contributed by atoms with E-state index in [0.717, 1.165) is 74.7 Å². The molecule has 178 valence electrons. The van der Waals surface area contributed by atoms with Gasteiger partial charge in [-0.25, -0.2) is 0 Å². The highest BCUT2D eigenvalue weighted by Gasteiger charge is 2.35. The lowest BCUT2D eigenvalue weighted by Crippen LogP contribution is -2.52. The van der Waals surface area contributed by atoms with Crippen LogP contribution in [0.4, 0.5) is 0 Å². The summed E-state index contributed by atoms with van der Waals surface area (Å²) >= 11 is 0. The second-order valence-electron chi connectivity index (χ2n) is 10.3. The van der Waals surface area contributed by atoms with E-state index in [1.54, 1.807) is 12.1 Å². The van der Waals surface area contributed by atoms with Crippen molar-refractivity contribution in [3.8, 4) is 11.5 Å². The largest absolute Gasteiger partial charge is 0.457 e. The number of likely N-dealkylation sites (tertiary alicyclic amines) is 1. The van der Waals surface area contributed by atoms with Crippen molar-refractivity contribution >= 4 is 11.8 Å². The number of hydrogen-bond donors (Lipinski definition) is 1. The monoisotopic (exact) mass is 459 g/mol. The number of amides is 2. The molecule has 6 rings (SSSR count). The smallest absolute Gasteiger partial charge is 0.254 e. The van der Waals surface area contributed by atoms with E-state index in [-0.39, 0.29) is 11.8 Å². The lowest BCUT2D eigenvalue weighted by atomic mass is 9.88. The molecular formula is C28H33N3O3. The number of benzene rings is 2. The molecule has 2 aliphatic heterocycles. The molecule has 0 bridgehead atoms. The second-order valence-corrected chi connectivity index (χ2v) is 10.3. The summed E-state index contributed by atoms with van der Waals surface area (Å²) < 4.78 is 6.04. The number of carbonyl (C=O) groups excluding carboxylic acids is 2. The average molecular weight is 460 g/mol. The highest BCUT2D eigenvalue weighted by atomic mass is 16.5. The number of piperidine rings is 1. The molecule has 6 heteroatoms. The molecule has 1 N–H and O–H groups in total. The van der Waals surface area contributed by atoms with Crippen molar-refractivity contribution in [2.24, 2.45) is 0 Å². The van der Waals surface area contributed by atoms with Gasteiger partial charge in [0.1, 0.15) is 11.5 Å². The summed E-state index contributed by atoms with van der Waals surface area (Å²) in [6.07, 6.45) is 9.27. The molecule has 2 aromatic carbocycles. The SMILES string of the molecule is O=C(NC1CC1)c1ccc(Oc2ccc3c(c2)CCN(C2CCN(C4CCC4)CC2)C3=O)cc1. The van der Waals surface area contributed by atoms with Crippen molar-refractivity contribution in [1.29, 1.82) is 0 Å². The maximum Gasteiger partial charge on any atom is 0.254 e. The van der Waals surface area contributed by atoms with Crippen molar-refractivity contribution < 1.29 is 14.3 Å². The minimum Gasteiger partial charge on any atom is -0.457 e. The zero-order valence-electron chi connectivity index (χ0n) is 19.7. The molecule has 4 aliphatic rings. The van der Waals surface area contributed by atoms with Crippen LogP contribution in [0.5, 0.6) is 11.5 Å². The van der Waals surface area contributed by atoms with Crippen molar-refractivity contribution in [3.63, 3.8) is 0 Å². The van der Waals surface area contributed by atoms with Gasteiger partial charge in [-0.15, -0.1) is 0 Å². The van der Waals surface area contributed by atoms with Gasteiger partial charge in [0, 0.05) is 48.9 Å². The van der Waals surface area contributed by atoms with Gasteiger partial charge in [0.05, 0.1) is 0 Å². The van der Waals surface area contributed by atoms with E-state index >= 15 is 0 Å². The maximum atomic E-state index is 13.3. The molecule has 0 spiro atoms. The summed E-state index contributed by atoms with van der Waals surface area (Å²) in [6.45, 7) is 3.04. The van der Waals surface area contributed by atoms with Gasteiger partial charge in [-0.3, -0.25) is 9.59 Å². The average Bonchev–Trinajstić information content (AvgIpc) is 3.63. The van der Waals surface area contributed by atoms with Crippen LogP contribution in [0.15, 0.2) is 42.5 Å². The van der Waals surface area contributed by atoms with Crippen LogP contribution in [0.1, 0.15) is 71.2 Å². The van der Waals surface area contributed by atoms with E-state index in [9.17, 15) is 9.59 Å². The number of carbonyl (C=O) groups is 2. The van der Waals surface area contributed by atoms with Gasteiger partial charge in [-0.2, -0.15) is 0 Å². The molecule has 2 aliphatic carbocycles. The number of hydrogen-bond acceptors (Lipinski definition) is 4. The zero-order valence-corrected chi connectivity index (χ0v) is 19.7. The molecule has 0 atom stereocenters. The van der Waals surface area contributed by atoms with Crippen molar-refractivity contribution in [2.45, 2.75) is 69.5 Å².